The third kappa shape index (κ3) is 2.73. The first-order chi connectivity index (χ1) is 11.0. The number of rotatable bonds is 4. The monoisotopic (exact) mass is 312 g/mol. The lowest BCUT2D eigenvalue weighted by Crippen LogP contribution is -2.40. The van der Waals surface area contributed by atoms with Gasteiger partial charge in [-0.1, -0.05) is 12.1 Å². The van der Waals surface area contributed by atoms with Gasteiger partial charge in [-0.25, -0.2) is 0 Å². The van der Waals surface area contributed by atoms with Crippen LogP contribution in [0.15, 0.2) is 36.7 Å². The van der Waals surface area contributed by atoms with Gasteiger partial charge < -0.3 is 4.90 Å². The van der Waals surface area contributed by atoms with Crippen LogP contribution in [0.4, 0.5) is 0 Å². The van der Waals surface area contributed by atoms with Gasteiger partial charge in [0.1, 0.15) is 6.54 Å². The van der Waals surface area contributed by atoms with Crippen molar-refractivity contribution in [2.24, 2.45) is 7.05 Å². The molecule has 0 bridgehead atoms. The number of hydrogen-bond donors (Lipinski definition) is 0. The number of aromatic nitrogens is 2. The van der Waals surface area contributed by atoms with Gasteiger partial charge in [0.05, 0.1) is 17.3 Å². The molecule has 0 spiro atoms. The summed E-state index contributed by atoms with van der Waals surface area (Å²) in [5, 5.41) is 4.04. The highest BCUT2D eigenvalue weighted by Gasteiger charge is 2.36. The van der Waals surface area contributed by atoms with Crippen LogP contribution >= 0.6 is 0 Å². The van der Waals surface area contributed by atoms with Gasteiger partial charge in [-0.3, -0.25) is 24.0 Å². The number of benzene rings is 1. The second-order valence-corrected chi connectivity index (χ2v) is 5.51. The van der Waals surface area contributed by atoms with Gasteiger partial charge in [-0.05, 0) is 12.1 Å². The predicted octanol–water partition coefficient (Wildman–Crippen LogP) is 0.675. The molecule has 0 saturated heterocycles. The van der Waals surface area contributed by atoms with E-state index in [9.17, 15) is 14.4 Å². The van der Waals surface area contributed by atoms with E-state index < -0.39 is 11.8 Å². The molecule has 2 heterocycles. The molecule has 0 atom stereocenters. The van der Waals surface area contributed by atoms with Gasteiger partial charge in [0.2, 0.25) is 5.91 Å². The van der Waals surface area contributed by atoms with E-state index in [1.54, 1.807) is 49.2 Å². The van der Waals surface area contributed by atoms with Crippen LogP contribution in [0.25, 0.3) is 0 Å². The molecule has 0 fully saturated rings. The number of carbonyl (C=O) groups excluding carboxylic acids is 3. The number of imide groups is 1. The van der Waals surface area contributed by atoms with Crippen LogP contribution in [-0.4, -0.2) is 50.9 Å². The van der Waals surface area contributed by atoms with Crippen LogP contribution < -0.4 is 0 Å². The average Bonchev–Trinajstić information content (AvgIpc) is 3.04. The van der Waals surface area contributed by atoms with E-state index in [-0.39, 0.29) is 12.5 Å². The standard InChI is InChI=1S/C16H16N4O3/c1-18(8-11-7-17-19(2)9-11)14(21)10-20-15(22)12-5-3-4-6-13(12)16(20)23/h3-7,9H,8,10H2,1-2H3. The SMILES string of the molecule is CN(Cc1cnn(C)c1)C(=O)CN1C(=O)c2ccccc2C1=O. The number of likely N-dealkylation sites (N-methyl/N-ethyl adjacent to an activating group) is 1. The Labute approximate surface area is 133 Å². The Hall–Kier alpha value is -2.96. The summed E-state index contributed by atoms with van der Waals surface area (Å²) in [5.74, 6) is -1.15. The minimum absolute atomic E-state index is 0.261. The summed E-state index contributed by atoms with van der Waals surface area (Å²) in [6.45, 7) is 0.110. The smallest absolute Gasteiger partial charge is 0.262 e. The number of hydrogen-bond acceptors (Lipinski definition) is 4. The van der Waals surface area contributed by atoms with E-state index in [0.29, 0.717) is 17.7 Å². The lowest BCUT2D eigenvalue weighted by atomic mass is 10.1. The zero-order chi connectivity index (χ0) is 16.6. The zero-order valence-electron chi connectivity index (χ0n) is 12.9. The molecule has 0 saturated carbocycles. The molecule has 7 heteroatoms. The molecular formula is C16H16N4O3. The second kappa shape index (κ2) is 5.68. The minimum atomic E-state index is -0.422. The van der Waals surface area contributed by atoms with E-state index >= 15 is 0 Å². The van der Waals surface area contributed by atoms with Gasteiger partial charge in [-0.15, -0.1) is 0 Å². The Balaban J connectivity index is 1.69. The molecule has 23 heavy (non-hydrogen) atoms. The van der Waals surface area contributed by atoms with Crippen LogP contribution in [0, 0.1) is 0 Å². The number of aryl methyl sites for hydroxylation is 1. The van der Waals surface area contributed by atoms with Gasteiger partial charge in [-0.2, -0.15) is 5.10 Å². The molecule has 3 rings (SSSR count). The lowest BCUT2D eigenvalue weighted by molar-refractivity contribution is -0.130. The van der Waals surface area contributed by atoms with Crippen LogP contribution in [-0.2, 0) is 18.4 Å². The number of fused-ring (bicyclic) bond motifs is 1. The van der Waals surface area contributed by atoms with Gasteiger partial charge in [0.25, 0.3) is 11.8 Å². The largest absolute Gasteiger partial charge is 0.340 e. The van der Waals surface area contributed by atoms with Crippen LogP contribution in [0.5, 0.6) is 0 Å². The summed E-state index contributed by atoms with van der Waals surface area (Å²) in [4.78, 5) is 39.3. The summed E-state index contributed by atoms with van der Waals surface area (Å²) in [7, 11) is 3.43. The average molecular weight is 312 g/mol. The molecule has 1 aromatic carbocycles. The summed E-state index contributed by atoms with van der Waals surface area (Å²) in [6.07, 6.45) is 3.48. The summed E-state index contributed by atoms with van der Waals surface area (Å²) < 4.78 is 1.65. The first kappa shape index (κ1) is 15.0. The molecule has 2 aromatic rings. The highest BCUT2D eigenvalue weighted by Crippen LogP contribution is 2.22. The molecule has 1 aromatic heterocycles. The third-order valence-corrected chi connectivity index (χ3v) is 3.78. The molecule has 0 N–H and O–H groups in total. The van der Waals surface area contributed by atoms with E-state index in [2.05, 4.69) is 5.10 Å². The Morgan fingerprint density at radius 2 is 1.78 bits per heavy atom. The van der Waals surface area contributed by atoms with Crippen molar-refractivity contribution in [3.05, 3.63) is 53.3 Å². The maximum atomic E-state index is 12.3. The fraction of sp³-hybridized carbons (Fsp3) is 0.250. The first-order valence-corrected chi connectivity index (χ1v) is 7.14. The molecule has 0 radical (unpaired) electrons. The zero-order valence-corrected chi connectivity index (χ0v) is 12.9. The van der Waals surface area contributed by atoms with Crippen LogP contribution in [0.2, 0.25) is 0 Å². The third-order valence-electron chi connectivity index (χ3n) is 3.78. The molecule has 1 aliphatic rings. The summed E-state index contributed by atoms with van der Waals surface area (Å²) in [6, 6.07) is 6.59. The topological polar surface area (TPSA) is 75.5 Å². The molecule has 118 valence electrons. The molecule has 1 aliphatic heterocycles. The first-order valence-electron chi connectivity index (χ1n) is 7.14. The van der Waals surface area contributed by atoms with Crippen molar-refractivity contribution < 1.29 is 14.4 Å². The maximum Gasteiger partial charge on any atom is 0.262 e. The number of amides is 3. The van der Waals surface area contributed by atoms with Crippen molar-refractivity contribution in [1.82, 2.24) is 19.6 Å². The highest BCUT2D eigenvalue weighted by atomic mass is 16.2. The van der Waals surface area contributed by atoms with Gasteiger partial charge >= 0.3 is 0 Å². The molecule has 0 aliphatic carbocycles. The molecule has 3 amide bonds. The Kier molecular flexibility index (Phi) is 3.69. The second-order valence-electron chi connectivity index (χ2n) is 5.51. The van der Waals surface area contributed by atoms with Crippen molar-refractivity contribution >= 4 is 17.7 Å². The minimum Gasteiger partial charge on any atom is -0.340 e. The van der Waals surface area contributed by atoms with E-state index in [1.165, 1.54) is 4.90 Å². The Bertz CT molecular complexity index is 761. The number of nitrogens with zero attached hydrogens (tertiary/aromatic N) is 4. The highest BCUT2D eigenvalue weighted by molar-refractivity contribution is 6.22. The summed E-state index contributed by atoms with van der Waals surface area (Å²) >= 11 is 0. The van der Waals surface area contributed by atoms with Crippen LogP contribution in [0.1, 0.15) is 26.3 Å². The van der Waals surface area contributed by atoms with Gasteiger partial charge in [0, 0.05) is 32.4 Å². The Morgan fingerprint density at radius 3 is 2.30 bits per heavy atom. The maximum absolute atomic E-state index is 12.3. The Morgan fingerprint density at radius 1 is 1.17 bits per heavy atom. The van der Waals surface area contributed by atoms with Crippen molar-refractivity contribution in [2.75, 3.05) is 13.6 Å². The predicted molar refractivity (Wildman–Crippen MR) is 81.5 cm³/mol. The fourth-order valence-corrected chi connectivity index (χ4v) is 2.55. The van der Waals surface area contributed by atoms with E-state index in [4.69, 9.17) is 0 Å². The van der Waals surface area contributed by atoms with E-state index in [1.807, 2.05) is 6.20 Å². The fourth-order valence-electron chi connectivity index (χ4n) is 2.55. The van der Waals surface area contributed by atoms with Crippen molar-refractivity contribution in [3.63, 3.8) is 0 Å². The van der Waals surface area contributed by atoms with Crippen molar-refractivity contribution in [1.29, 1.82) is 0 Å². The molecular weight excluding hydrogens is 296 g/mol. The van der Waals surface area contributed by atoms with Crippen molar-refractivity contribution in [2.45, 2.75) is 6.54 Å². The van der Waals surface area contributed by atoms with Crippen molar-refractivity contribution in [3.8, 4) is 0 Å². The summed E-state index contributed by atoms with van der Waals surface area (Å²) in [5.41, 5.74) is 1.58. The quantitative estimate of drug-likeness (QED) is 0.778. The lowest BCUT2D eigenvalue weighted by Gasteiger charge is -2.20. The normalized spacial score (nSPS) is 13.4. The molecule has 0 unspecified atom stereocenters. The van der Waals surface area contributed by atoms with Crippen LogP contribution in [0.3, 0.4) is 0 Å². The van der Waals surface area contributed by atoms with Gasteiger partial charge in [0.15, 0.2) is 0 Å². The molecule has 7 nitrogen and oxygen atoms in total. The number of carbonyl (C=O) groups is 3. The van der Waals surface area contributed by atoms with E-state index in [0.717, 1.165) is 10.5 Å².